The number of hydrogen-bond acceptors (Lipinski definition) is 4. The molecule has 0 amide bonds. The maximum atomic E-state index is 6.28. The van der Waals surface area contributed by atoms with Gasteiger partial charge >= 0.3 is 0 Å². The Labute approximate surface area is 120 Å². The van der Waals surface area contributed by atoms with E-state index in [4.69, 9.17) is 26.8 Å². The van der Waals surface area contributed by atoms with Crippen LogP contribution in [-0.4, -0.2) is 47.1 Å². The number of nitrogens with two attached hydrogens (primary N) is 1. The van der Waals surface area contributed by atoms with Gasteiger partial charge in [-0.15, -0.1) is 0 Å². The second kappa shape index (κ2) is 9.15. The van der Waals surface area contributed by atoms with E-state index in [1.54, 1.807) is 14.2 Å². The number of nitrogens with zero attached hydrogens (tertiary/aromatic N) is 1. The lowest BCUT2D eigenvalue weighted by Crippen LogP contribution is -2.31. The van der Waals surface area contributed by atoms with Crippen LogP contribution in [0.3, 0.4) is 0 Å². The Kier molecular flexibility index (Phi) is 7.82. The molecule has 5 heteroatoms. The molecule has 19 heavy (non-hydrogen) atoms. The minimum Gasteiger partial charge on any atom is -0.383 e. The van der Waals surface area contributed by atoms with Gasteiger partial charge < -0.3 is 20.1 Å². The average Bonchev–Trinajstić information content (AvgIpc) is 2.42. The molecule has 0 saturated carbocycles. The second-order valence-corrected chi connectivity index (χ2v) is 4.66. The number of benzene rings is 1. The molecule has 1 aromatic rings. The van der Waals surface area contributed by atoms with Crippen molar-refractivity contribution in [3.05, 3.63) is 28.8 Å². The first-order valence-corrected chi connectivity index (χ1v) is 6.82. The number of methoxy groups -OCH3 is 2. The molecule has 0 aliphatic rings. The predicted molar refractivity (Wildman–Crippen MR) is 80.2 cm³/mol. The van der Waals surface area contributed by atoms with Crippen LogP contribution < -0.4 is 10.6 Å². The van der Waals surface area contributed by atoms with E-state index >= 15 is 0 Å². The second-order valence-electron chi connectivity index (χ2n) is 4.25. The summed E-state index contributed by atoms with van der Waals surface area (Å²) < 4.78 is 10.3. The average molecular weight is 287 g/mol. The lowest BCUT2D eigenvalue weighted by molar-refractivity contribution is 0.190. The molecule has 1 rings (SSSR count). The van der Waals surface area contributed by atoms with Crippen LogP contribution in [0.15, 0.2) is 18.2 Å². The van der Waals surface area contributed by atoms with Crippen molar-refractivity contribution in [2.24, 2.45) is 5.73 Å². The fraction of sp³-hybridized carbons (Fsp3) is 0.571. The zero-order valence-electron chi connectivity index (χ0n) is 11.7. The quantitative estimate of drug-likeness (QED) is 0.754. The van der Waals surface area contributed by atoms with Crippen LogP contribution in [0.5, 0.6) is 0 Å². The van der Waals surface area contributed by atoms with Gasteiger partial charge in [0.1, 0.15) is 0 Å². The molecule has 0 spiro atoms. The van der Waals surface area contributed by atoms with E-state index in [0.29, 0.717) is 19.8 Å². The normalized spacial score (nSPS) is 10.7. The molecule has 0 radical (unpaired) electrons. The summed E-state index contributed by atoms with van der Waals surface area (Å²) >= 11 is 6.28. The van der Waals surface area contributed by atoms with Crippen LogP contribution in [0.2, 0.25) is 5.02 Å². The molecule has 108 valence electrons. The molecule has 0 saturated heterocycles. The zero-order chi connectivity index (χ0) is 14.1. The van der Waals surface area contributed by atoms with E-state index in [-0.39, 0.29) is 0 Å². The van der Waals surface area contributed by atoms with Crippen molar-refractivity contribution in [1.29, 1.82) is 0 Å². The standard InChI is InChI=1S/C14H23ClN2O2/c1-18-10-8-17(9-11-19-2)14-5-3-4-13(15)12(14)6-7-16/h3-5H,6-11,16H2,1-2H3. The molecule has 0 unspecified atom stereocenters. The van der Waals surface area contributed by atoms with Crippen LogP contribution >= 0.6 is 11.6 Å². The van der Waals surface area contributed by atoms with Gasteiger partial charge in [0.25, 0.3) is 0 Å². The van der Waals surface area contributed by atoms with Crippen LogP contribution in [0.4, 0.5) is 5.69 Å². The first kappa shape index (κ1) is 16.2. The monoisotopic (exact) mass is 286 g/mol. The molecule has 1 aromatic carbocycles. The highest BCUT2D eigenvalue weighted by Crippen LogP contribution is 2.27. The van der Waals surface area contributed by atoms with Crippen molar-refractivity contribution in [2.45, 2.75) is 6.42 Å². The molecule has 0 aromatic heterocycles. The molecule has 0 fully saturated rings. The SMILES string of the molecule is COCCN(CCOC)c1cccc(Cl)c1CCN. The van der Waals surface area contributed by atoms with Gasteiger partial charge in [0.05, 0.1) is 13.2 Å². The lowest BCUT2D eigenvalue weighted by Gasteiger charge is -2.27. The summed E-state index contributed by atoms with van der Waals surface area (Å²) in [5, 5.41) is 0.766. The number of anilines is 1. The molecule has 0 aliphatic carbocycles. The molecular formula is C14H23ClN2O2. The molecule has 4 nitrogen and oxygen atoms in total. The molecular weight excluding hydrogens is 264 g/mol. The highest BCUT2D eigenvalue weighted by Gasteiger charge is 2.13. The number of hydrogen-bond donors (Lipinski definition) is 1. The van der Waals surface area contributed by atoms with E-state index < -0.39 is 0 Å². The van der Waals surface area contributed by atoms with Gasteiger partial charge in [0.2, 0.25) is 0 Å². The number of halogens is 1. The molecule has 0 aliphatic heterocycles. The van der Waals surface area contributed by atoms with Crippen LogP contribution in [0.25, 0.3) is 0 Å². The minimum absolute atomic E-state index is 0.582. The lowest BCUT2D eigenvalue weighted by atomic mass is 10.1. The zero-order valence-corrected chi connectivity index (χ0v) is 12.4. The topological polar surface area (TPSA) is 47.7 Å². The van der Waals surface area contributed by atoms with E-state index in [2.05, 4.69) is 11.0 Å². The van der Waals surface area contributed by atoms with Crippen molar-refractivity contribution in [2.75, 3.05) is 52.0 Å². The maximum absolute atomic E-state index is 6.28. The molecule has 0 atom stereocenters. The third-order valence-corrected chi connectivity index (χ3v) is 3.31. The smallest absolute Gasteiger partial charge is 0.0637 e. The van der Waals surface area contributed by atoms with E-state index in [9.17, 15) is 0 Å². The number of ether oxygens (including phenoxy) is 2. The van der Waals surface area contributed by atoms with Gasteiger partial charge in [-0.2, -0.15) is 0 Å². The number of rotatable bonds is 9. The van der Waals surface area contributed by atoms with Crippen molar-refractivity contribution in [3.63, 3.8) is 0 Å². The van der Waals surface area contributed by atoms with Gasteiger partial charge in [0.15, 0.2) is 0 Å². The van der Waals surface area contributed by atoms with Gasteiger partial charge in [0, 0.05) is 38.0 Å². The fourth-order valence-corrected chi connectivity index (χ4v) is 2.26. The molecule has 0 heterocycles. The van der Waals surface area contributed by atoms with Crippen molar-refractivity contribution in [1.82, 2.24) is 0 Å². The molecule has 0 bridgehead atoms. The maximum Gasteiger partial charge on any atom is 0.0637 e. The Balaban J connectivity index is 2.95. The van der Waals surface area contributed by atoms with Crippen molar-refractivity contribution >= 4 is 17.3 Å². The van der Waals surface area contributed by atoms with Gasteiger partial charge in [-0.25, -0.2) is 0 Å². The third-order valence-electron chi connectivity index (χ3n) is 2.96. The highest BCUT2D eigenvalue weighted by atomic mass is 35.5. The third kappa shape index (κ3) is 4.99. The largest absolute Gasteiger partial charge is 0.383 e. The van der Waals surface area contributed by atoms with E-state index in [1.165, 1.54) is 0 Å². The Morgan fingerprint density at radius 3 is 2.32 bits per heavy atom. The Hall–Kier alpha value is -0.810. The summed E-state index contributed by atoms with van der Waals surface area (Å²) in [4.78, 5) is 2.23. The summed E-state index contributed by atoms with van der Waals surface area (Å²) in [6.45, 7) is 3.52. The van der Waals surface area contributed by atoms with Gasteiger partial charge in [-0.1, -0.05) is 17.7 Å². The van der Waals surface area contributed by atoms with E-state index in [1.807, 2.05) is 12.1 Å². The van der Waals surface area contributed by atoms with Crippen LogP contribution in [-0.2, 0) is 15.9 Å². The molecule has 2 N–H and O–H groups in total. The Bertz CT molecular complexity index is 366. The van der Waals surface area contributed by atoms with Crippen LogP contribution in [0.1, 0.15) is 5.56 Å². The summed E-state index contributed by atoms with van der Waals surface area (Å²) in [7, 11) is 3.40. The first-order valence-electron chi connectivity index (χ1n) is 6.44. The van der Waals surface area contributed by atoms with E-state index in [0.717, 1.165) is 35.8 Å². The van der Waals surface area contributed by atoms with Crippen molar-refractivity contribution < 1.29 is 9.47 Å². The highest BCUT2D eigenvalue weighted by molar-refractivity contribution is 6.31. The predicted octanol–water partition coefficient (Wildman–Crippen LogP) is 1.94. The fourth-order valence-electron chi connectivity index (χ4n) is 1.99. The summed E-state index contributed by atoms with van der Waals surface area (Å²) in [5.41, 5.74) is 7.89. The Morgan fingerprint density at radius 1 is 1.16 bits per heavy atom. The van der Waals surface area contributed by atoms with Gasteiger partial charge in [-0.05, 0) is 30.7 Å². The Morgan fingerprint density at radius 2 is 1.79 bits per heavy atom. The van der Waals surface area contributed by atoms with Crippen LogP contribution in [0, 0.1) is 0 Å². The minimum atomic E-state index is 0.582. The summed E-state index contributed by atoms with van der Waals surface area (Å²) in [6.07, 6.45) is 0.769. The summed E-state index contributed by atoms with van der Waals surface area (Å²) in [6, 6.07) is 5.94. The first-order chi connectivity index (χ1) is 9.24. The van der Waals surface area contributed by atoms with Gasteiger partial charge in [-0.3, -0.25) is 0 Å². The summed E-state index contributed by atoms with van der Waals surface area (Å²) in [5.74, 6) is 0. The van der Waals surface area contributed by atoms with Crippen molar-refractivity contribution in [3.8, 4) is 0 Å².